The molecule has 1 aliphatic rings. The van der Waals surface area contributed by atoms with Gasteiger partial charge in [0.15, 0.2) is 5.13 Å². The average molecular weight is 307 g/mol. The maximum absolute atomic E-state index is 4.75. The van der Waals surface area contributed by atoms with Crippen LogP contribution in [0.25, 0.3) is 0 Å². The highest BCUT2D eigenvalue weighted by Gasteiger charge is 2.21. The van der Waals surface area contributed by atoms with Gasteiger partial charge in [0.05, 0.1) is 5.69 Å². The van der Waals surface area contributed by atoms with Gasteiger partial charge in [-0.25, -0.2) is 4.98 Å². The molecule has 0 aliphatic heterocycles. The lowest BCUT2D eigenvalue weighted by molar-refractivity contribution is 0.666. The Balaban J connectivity index is 1.56. The Bertz CT molecular complexity index is 531. The molecule has 3 rings (SSSR count). The molecule has 1 atom stereocenters. The van der Waals surface area contributed by atoms with Crippen molar-refractivity contribution in [3.8, 4) is 0 Å². The third kappa shape index (κ3) is 3.59. The Labute approximate surface area is 128 Å². The van der Waals surface area contributed by atoms with Crippen LogP contribution in [0.2, 0.25) is 0 Å². The van der Waals surface area contributed by atoms with Gasteiger partial charge in [-0.15, -0.1) is 22.7 Å². The van der Waals surface area contributed by atoms with Crippen LogP contribution in [0.1, 0.15) is 30.3 Å². The van der Waals surface area contributed by atoms with Gasteiger partial charge in [0.2, 0.25) is 0 Å². The number of hydrogen-bond donors (Lipinski definition) is 1. The van der Waals surface area contributed by atoms with Crippen molar-refractivity contribution in [2.75, 3.05) is 11.9 Å². The zero-order valence-electron chi connectivity index (χ0n) is 12.0. The maximum atomic E-state index is 4.75. The predicted octanol–water partition coefficient (Wildman–Crippen LogP) is 3.52. The van der Waals surface area contributed by atoms with Gasteiger partial charge in [-0.05, 0) is 31.2 Å². The Hall–Kier alpha value is -0.910. The first-order chi connectivity index (χ1) is 9.72. The zero-order valence-corrected chi connectivity index (χ0v) is 13.6. The summed E-state index contributed by atoms with van der Waals surface area (Å²) in [5.74, 6) is 0. The van der Waals surface area contributed by atoms with Crippen LogP contribution in [0, 0.1) is 0 Å². The fourth-order valence-corrected chi connectivity index (χ4v) is 3.84. The van der Waals surface area contributed by atoms with Crippen molar-refractivity contribution >= 4 is 27.8 Å². The number of likely N-dealkylation sites (N-methyl/N-ethyl adjacent to an activating group) is 1. The first-order valence-corrected chi connectivity index (χ1v) is 8.91. The third-order valence-corrected chi connectivity index (χ3v) is 5.61. The van der Waals surface area contributed by atoms with E-state index in [1.807, 2.05) is 11.3 Å². The van der Waals surface area contributed by atoms with Crippen molar-refractivity contribution in [3.05, 3.63) is 33.5 Å². The van der Waals surface area contributed by atoms with E-state index in [-0.39, 0.29) is 0 Å². The van der Waals surface area contributed by atoms with Gasteiger partial charge in [-0.1, -0.05) is 6.07 Å². The van der Waals surface area contributed by atoms with Crippen molar-refractivity contribution in [3.63, 3.8) is 0 Å². The summed E-state index contributed by atoms with van der Waals surface area (Å²) in [5.41, 5.74) is 1.17. The zero-order chi connectivity index (χ0) is 13.9. The van der Waals surface area contributed by atoms with E-state index in [9.17, 15) is 0 Å². The summed E-state index contributed by atoms with van der Waals surface area (Å²) in [6.07, 6.45) is 3.74. The summed E-state index contributed by atoms with van der Waals surface area (Å²) in [7, 11) is 2.15. The molecule has 2 aromatic heterocycles. The fourth-order valence-electron chi connectivity index (χ4n) is 2.12. The molecule has 5 heteroatoms. The molecule has 0 spiro atoms. The monoisotopic (exact) mass is 307 g/mol. The van der Waals surface area contributed by atoms with Crippen LogP contribution in [0.3, 0.4) is 0 Å². The van der Waals surface area contributed by atoms with Crippen LogP contribution in [0.5, 0.6) is 0 Å². The predicted molar refractivity (Wildman–Crippen MR) is 87.9 cm³/mol. The number of aromatic nitrogens is 1. The molecule has 20 heavy (non-hydrogen) atoms. The number of nitrogens with one attached hydrogen (secondary N) is 1. The second-order valence-corrected chi connectivity index (χ2v) is 7.39. The van der Waals surface area contributed by atoms with Gasteiger partial charge in [0.1, 0.15) is 0 Å². The molecule has 3 nitrogen and oxygen atoms in total. The molecule has 2 aromatic rings. The summed E-state index contributed by atoms with van der Waals surface area (Å²) in [5, 5.41) is 8.97. The number of nitrogens with zero attached hydrogens (tertiary/aromatic N) is 2. The molecule has 1 aliphatic carbocycles. The summed E-state index contributed by atoms with van der Waals surface area (Å²) in [6, 6.07) is 5.55. The van der Waals surface area contributed by atoms with Crippen molar-refractivity contribution < 1.29 is 0 Å². The lowest BCUT2D eigenvalue weighted by atomic mass is 10.2. The van der Waals surface area contributed by atoms with Crippen molar-refractivity contribution in [2.24, 2.45) is 0 Å². The van der Waals surface area contributed by atoms with Crippen LogP contribution >= 0.6 is 22.7 Å². The molecule has 1 unspecified atom stereocenters. The molecule has 0 radical (unpaired) electrons. The third-order valence-electron chi connectivity index (χ3n) is 3.73. The molecule has 0 saturated heterocycles. The fraction of sp³-hybridized carbons (Fsp3) is 0.533. The minimum atomic E-state index is 0.476. The molecule has 0 bridgehead atoms. The quantitative estimate of drug-likeness (QED) is 0.848. The van der Waals surface area contributed by atoms with Crippen molar-refractivity contribution in [2.45, 2.75) is 44.8 Å². The summed E-state index contributed by atoms with van der Waals surface area (Å²) >= 11 is 3.58. The van der Waals surface area contributed by atoms with Crippen LogP contribution in [0.15, 0.2) is 22.9 Å². The van der Waals surface area contributed by atoms with E-state index < -0.39 is 0 Å². The first-order valence-electron chi connectivity index (χ1n) is 7.15. The maximum Gasteiger partial charge on any atom is 0.185 e. The van der Waals surface area contributed by atoms with Gasteiger partial charge in [0, 0.05) is 42.4 Å². The van der Waals surface area contributed by atoms with E-state index in [1.165, 1.54) is 23.4 Å². The van der Waals surface area contributed by atoms with Gasteiger partial charge in [-0.2, -0.15) is 0 Å². The second-order valence-electron chi connectivity index (χ2n) is 5.52. The highest BCUT2D eigenvalue weighted by atomic mass is 32.1. The molecular formula is C15H21N3S2. The lowest BCUT2D eigenvalue weighted by Crippen LogP contribution is -2.30. The number of rotatable bonds is 7. The van der Waals surface area contributed by atoms with Gasteiger partial charge in [-0.3, -0.25) is 0 Å². The SMILES string of the molecule is CC(Cc1cccs1)N(C)c1nc(CNC2CC2)cs1. The van der Waals surface area contributed by atoms with E-state index in [1.54, 1.807) is 11.3 Å². The molecule has 1 fully saturated rings. The van der Waals surface area contributed by atoms with Gasteiger partial charge >= 0.3 is 0 Å². The summed E-state index contributed by atoms with van der Waals surface area (Å²) in [6.45, 7) is 3.18. The standard InChI is InChI=1S/C15H21N3S2/c1-11(8-14-4-3-7-19-14)18(2)15-17-13(10-20-15)9-16-12-5-6-12/h3-4,7,10-12,16H,5-6,8-9H2,1-2H3. The Morgan fingerprint density at radius 1 is 1.45 bits per heavy atom. The van der Waals surface area contributed by atoms with Crippen LogP contribution in [-0.4, -0.2) is 24.1 Å². The smallest absolute Gasteiger partial charge is 0.185 e. The summed E-state index contributed by atoms with van der Waals surface area (Å²) in [4.78, 5) is 8.48. The van der Waals surface area contributed by atoms with Crippen LogP contribution in [-0.2, 0) is 13.0 Å². The molecule has 0 amide bonds. The highest BCUT2D eigenvalue weighted by molar-refractivity contribution is 7.13. The van der Waals surface area contributed by atoms with Gasteiger partial charge < -0.3 is 10.2 Å². The average Bonchev–Trinajstić information content (AvgIpc) is 2.93. The molecular weight excluding hydrogens is 286 g/mol. The molecule has 1 N–H and O–H groups in total. The molecule has 108 valence electrons. The van der Waals surface area contributed by atoms with E-state index >= 15 is 0 Å². The largest absolute Gasteiger partial charge is 0.348 e. The minimum Gasteiger partial charge on any atom is -0.348 e. The van der Waals surface area contributed by atoms with E-state index in [2.05, 4.69) is 47.1 Å². The number of thiophene rings is 1. The van der Waals surface area contributed by atoms with Crippen molar-refractivity contribution in [1.29, 1.82) is 0 Å². The Morgan fingerprint density at radius 2 is 2.30 bits per heavy atom. The molecule has 0 aromatic carbocycles. The minimum absolute atomic E-state index is 0.476. The summed E-state index contributed by atoms with van der Waals surface area (Å²) < 4.78 is 0. The van der Waals surface area contributed by atoms with Crippen LogP contribution in [0.4, 0.5) is 5.13 Å². The van der Waals surface area contributed by atoms with Gasteiger partial charge in [0.25, 0.3) is 0 Å². The lowest BCUT2D eigenvalue weighted by Gasteiger charge is -2.23. The molecule has 2 heterocycles. The topological polar surface area (TPSA) is 28.2 Å². The first kappa shape index (κ1) is 14.0. The van der Waals surface area contributed by atoms with Crippen LogP contribution < -0.4 is 10.2 Å². The Kier molecular flexibility index (Phi) is 4.38. The van der Waals surface area contributed by atoms with E-state index in [0.29, 0.717) is 6.04 Å². The van der Waals surface area contributed by atoms with E-state index in [4.69, 9.17) is 4.98 Å². The van der Waals surface area contributed by atoms with E-state index in [0.717, 1.165) is 24.1 Å². The Morgan fingerprint density at radius 3 is 3.00 bits per heavy atom. The highest BCUT2D eigenvalue weighted by Crippen LogP contribution is 2.24. The number of hydrogen-bond acceptors (Lipinski definition) is 5. The molecule has 1 saturated carbocycles. The second kappa shape index (κ2) is 6.24. The number of anilines is 1. The van der Waals surface area contributed by atoms with Crippen molar-refractivity contribution in [1.82, 2.24) is 10.3 Å². The normalized spacial score (nSPS) is 16.3. The number of thiazole rings is 1.